The van der Waals surface area contributed by atoms with Gasteiger partial charge in [-0.2, -0.15) is 0 Å². The SMILES string of the molecule is COC(C(C)(C)CC(C)(C)C)C1(O)CC1. The minimum Gasteiger partial charge on any atom is -0.387 e. The topological polar surface area (TPSA) is 29.5 Å². The summed E-state index contributed by atoms with van der Waals surface area (Å²) in [5.41, 5.74) is -0.257. The Labute approximate surface area is 94.0 Å². The number of hydrogen-bond donors (Lipinski definition) is 1. The van der Waals surface area contributed by atoms with Gasteiger partial charge in [0.25, 0.3) is 0 Å². The lowest BCUT2D eigenvalue weighted by atomic mass is 9.71. The molecule has 1 fully saturated rings. The molecule has 1 atom stereocenters. The quantitative estimate of drug-likeness (QED) is 0.779. The summed E-state index contributed by atoms with van der Waals surface area (Å²) in [5, 5.41) is 10.2. The van der Waals surface area contributed by atoms with Crippen LogP contribution in [0.5, 0.6) is 0 Å². The molecule has 0 spiro atoms. The molecule has 2 heteroatoms. The highest BCUT2D eigenvalue weighted by Crippen LogP contribution is 2.49. The number of aliphatic hydroxyl groups is 1. The third-order valence-corrected chi connectivity index (χ3v) is 3.18. The average Bonchev–Trinajstić information content (AvgIpc) is 2.62. The van der Waals surface area contributed by atoms with E-state index < -0.39 is 5.60 Å². The molecule has 0 aromatic rings. The predicted octanol–water partition coefficient (Wildman–Crippen LogP) is 2.99. The van der Waals surface area contributed by atoms with E-state index in [-0.39, 0.29) is 16.9 Å². The Morgan fingerprint density at radius 3 is 1.93 bits per heavy atom. The van der Waals surface area contributed by atoms with Crippen molar-refractivity contribution in [3.8, 4) is 0 Å². The van der Waals surface area contributed by atoms with E-state index in [1.54, 1.807) is 7.11 Å². The molecule has 0 aromatic carbocycles. The highest BCUT2D eigenvalue weighted by molar-refractivity contribution is 5.06. The van der Waals surface area contributed by atoms with Crippen LogP contribution in [0.4, 0.5) is 0 Å². The van der Waals surface area contributed by atoms with Gasteiger partial charge in [-0.05, 0) is 30.1 Å². The molecule has 90 valence electrons. The van der Waals surface area contributed by atoms with Crippen molar-refractivity contribution in [3.05, 3.63) is 0 Å². The molecule has 1 N–H and O–H groups in total. The van der Waals surface area contributed by atoms with Gasteiger partial charge in [0.15, 0.2) is 0 Å². The van der Waals surface area contributed by atoms with Crippen LogP contribution in [0.15, 0.2) is 0 Å². The fraction of sp³-hybridized carbons (Fsp3) is 1.00. The van der Waals surface area contributed by atoms with Crippen LogP contribution < -0.4 is 0 Å². The molecule has 1 saturated carbocycles. The van der Waals surface area contributed by atoms with Gasteiger partial charge in [-0.15, -0.1) is 0 Å². The molecule has 0 radical (unpaired) electrons. The smallest absolute Gasteiger partial charge is 0.0915 e. The van der Waals surface area contributed by atoms with E-state index >= 15 is 0 Å². The molecule has 0 amide bonds. The Morgan fingerprint density at radius 1 is 1.20 bits per heavy atom. The minimum atomic E-state index is -0.552. The van der Waals surface area contributed by atoms with Crippen LogP contribution in [0.3, 0.4) is 0 Å². The molecule has 1 aliphatic carbocycles. The standard InChI is InChI=1S/C13H26O2/c1-11(2,3)9-12(4,5)10(15-6)13(14)7-8-13/h10,14H,7-9H2,1-6H3. The first-order valence-corrected chi connectivity index (χ1v) is 5.86. The molecule has 0 bridgehead atoms. The van der Waals surface area contributed by atoms with Crippen LogP contribution in [0.25, 0.3) is 0 Å². The summed E-state index contributed by atoms with van der Waals surface area (Å²) in [6, 6.07) is 0. The van der Waals surface area contributed by atoms with Gasteiger partial charge < -0.3 is 9.84 Å². The normalized spacial score (nSPS) is 22.6. The number of hydrogen-bond acceptors (Lipinski definition) is 2. The number of rotatable bonds is 4. The van der Waals surface area contributed by atoms with Gasteiger partial charge in [0.1, 0.15) is 0 Å². The predicted molar refractivity (Wildman–Crippen MR) is 62.8 cm³/mol. The van der Waals surface area contributed by atoms with Gasteiger partial charge in [0.2, 0.25) is 0 Å². The van der Waals surface area contributed by atoms with Gasteiger partial charge in [-0.3, -0.25) is 0 Å². The summed E-state index contributed by atoms with van der Waals surface area (Å²) in [4.78, 5) is 0. The van der Waals surface area contributed by atoms with Crippen molar-refractivity contribution in [1.29, 1.82) is 0 Å². The maximum atomic E-state index is 10.2. The maximum absolute atomic E-state index is 10.2. The Morgan fingerprint density at radius 2 is 1.67 bits per heavy atom. The Hall–Kier alpha value is -0.0800. The highest BCUT2D eigenvalue weighted by Gasteiger charge is 2.54. The van der Waals surface area contributed by atoms with Gasteiger partial charge in [0.05, 0.1) is 11.7 Å². The molecule has 1 unspecified atom stereocenters. The van der Waals surface area contributed by atoms with Crippen molar-refractivity contribution >= 4 is 0 Å². The van der Waals surface area contributed by atoms with Crippen LogP contribution in [-0.2, 0) is 4.74 Å². The van der Waals surface area contributed by atoms with E-state index in [1.165, 1.54) is 0 Å². The zero-order valence-corrected chi connectivity index (χ0v) is 11.1. The molecule has 0 heterocycles. The van der Waals surface area contributed by atoms with Gasteiger partial charge in [0, 0.05) is 7.11 Å². The van der Waals surface area contributed by atoms with Crippen molar-refractivity contribution in [3.63, 3.8) is 0 Å². The molecular formula is C13H26O2. The second-order valence-electron chi connectivity index (χ2n) is 6.95. The summed E-state index contributed by atoms with van der Waals surface area (Å²) in [6.07, 6.45) is 2.79. The zero-order chi connectivity index (χ0) is 11.9. The number of ether oxygens (including phenoxy) is 1. The lowest BCUT2D eigenvalue weighted by Gasteiger charge is -2.40. The molecule has 1 rings (SSSR count). The second kappa shape index (κ2) is 3.74. The highest BCUT2D eigenvalue weighted by atomic mass is 16.5. The van der Waals surface area contributed by atoms with Crippen LogP contribution >= 0.6 is 0 Å². The van der Waals surface area contributed by atoms with Gasteiger partial charge in [-0.25, -0.2) is 0 Å². The minimum absolute atomic E-state index is 0.0260. The molecular weight excluding hydrogens is 188 g/mol. The largest absolute Gasteiger partial charge is 0.387 e. The molecule has 1 aliphatic rings. The van der Waals surface area contributed by atoms with E-state index in [0.29, 0.717) is 0 Å². The molecule has 0 aromatic heterocycles. The van der Waals surface area contributed by atoms with Crippen molar-refractivity contribution in [1.82, 2.24) is 0 Å². The molecule has 2 nitrogen and oxygen atoms in total. The Bertz CT molecular complexity index is 221. The van der Waals surface area contributed by atoms with Crippen LogP contribution in [0, 0.1) is 10.8 Å². The monoisotopic (exact) mass is 214 g/mol. The van der Waals surface area contributed by atoms with E-state index in [1.807, 2.05) is 0 Å². The maximum Gasteiger partial charge on any atom is 0.0915 e. The first-order valence-electron chi connectivity index (χ1n) is 5.86. The molecule has 0 saturated heterocycles. The van der Waals surface area contributed by atoms with Crippen molar-refractivity contribution < 1.29 is 9.84 Å². The van der Waals surface area contributed by atoms with Crippen molar-refractivity contribution in [2.45, 2.75) is 65.6 Å². The summed E-state index contributed by atoms with van der Waals surface area (Å²) >= 11 is 0. The van der Waals surface area contributed by atoms with Crippen LogP contribution in [0.1, 0.15) is 53.9 Å². The first-order chi connectivity index (χ1) is 6.61. The Balaban J connectivity index is 2.74. The lowest BCUT2D eigenvalue weighted by molar-refractivity contribution is -0.102. The fourth-order valence-electron chi connectivity index (χ4n) is 3.12. The third kappa shape index (κ3) is 3.18. The van der Waals surface area contributed by atoms with Crippen LogP contribution in [-0.4, -0.2) is 23.9 Å². The fourth-order valence-corrected chi connectivity index (χ4v) is 3.12. The Kier molecular flexibility index (Phi) is 3.24. The lowest BCUT2D eigenvalue weighted by Crippen LogP contribution is -2.44. The van der Waals surface area contributed by atoms with Crippen molar-refractivity contribution in [2.75, 3.05) is 7.11 Å². The van der Waals surface area contributed by atoms with E-state index in [2.05, 4.69) is 34.6 Å². The van der Waals surface area contributed by atoms with E-state index in [4.69, 9.17) is 4.74 Å². The van der Waals surface area contributed by atoms with Crippen LogP contribution in [0.2, 0.25) is 0 Å². The summed E-state index contributed by atoms with van der Waals surface area (Å²) in [7, 11) is 1.71. The summed E-state index contributed by atoms with van der Waals surface area (Å²) in [6.45, 7) is 11.1. The van der Waals surface area contributed by atoms with Gasteiger partial charge in [-0.1, -0.05) is 34.6 Å². The zero-order valence-electron chi connectivity index (χ0n) is 11.1. The van der Waals surface area contributed by atoms with Crippen molar-refractivity contribution in [2.24, 2.45) is 10.8 Å². The third-order valence-electron chi connectivity index (χ3n) is 3.18. The summed E-state index contributed by atoms with van der Waals surface area (Å²) in [5.74, 6) is 0. The van der Waals surface area contributed by atoms with Gasteiger partial charge >= 0.3 is 0 Å². The number of methoxy groups -OCH3 is 1. The average molecular weight is 214 g/mol. The van der Waals surface area contributed by atoms with E-state index in [0.717, 1.165) is 19.3 Å². The first kappa shape index (κ1) is 13.0. The summed E-state index contributed by atoms with van der Waals surface area (Å²) < 4.78 is 5.54. The molecule has 15 heavy (non-hydrogen) atoms. The second-order valence-corrected chi connectivity index (χ2v) is 6.95. The molecule has 0 aliphatic heterocycles. The van der Waals surface area contributed by atoms with E-state index in [9.17, 15) is 5.11 Å².